The van der Waals surface area contributed by atoms with Gasteiger partial charge in [0.15, 0.2) is 0 Å². The van der Waals surface area contributed by atoms with Crippen LogP contribution in [0.5, 0.6) is 0 Å². The lowest BCUT2D eigenvalue weighted by Gasteiger charge is -2.36. The fraction of sp³-hybridized carbons (Fsp3) is 0.600. The van der Waals surface area contributed by atoms with E-state index in [1.165, 1.54) is 6.07 Å². The van der Waals surface area contributed by atoms with Crippen molar-refractivity contribution in [1.29, 1.82) is 0 Å². The van der Waals surface area contributed by atoms with Crippen LogP contribution < -0.4 is 5.32 Å². The average molecular weight is 266 g/mol. The maximum Gasteiger partial charge on any atom is 0.128 e. The van der Waals surface area contributed by atoms with Gasteiger partial charge in [0.1, 0.15) is 5.82 Å². The number of halogens is 1. The topological polar surface area (TPSA) is 24.5 Å². The Labute approximate surface area is 114 Å². The minimum Gasteiger partial charge on any atom is -0.379 e. The zero-order chi connectivity index (χ0) is 13.7. The first-order chi connectivity index (χ1) is 9.22. The quantitative estimate of drug-likeness (QED) is 0.884. The van der Waals surface area contributed by atoms with Crippen molar-refractivity contribution < 1.29 is 9.13 Å². The van der Waals surface area contributed by atoms with E-state index in [2.05, 4.69) is 24.1 Å². The van der Waals surface area contributed by atoms with E-state index in [4.69, 9.17) is 4.74 Å². The summed E-state index contributed by atoms with van der Waals surface area (Å²) in [6.07, 6.45) is 0. The van der Waals surface area contributed by atoms with E-state index in [-0.39, 0.29) is 11.9 Å². The Balaban J connectivity index is 2.09. The summed E-state index contributed by atoms with van der Waals surface area (Å²) in [5.41, 5.74) is 0.753. The standard InChI is InChI=1S/C15H23FN2O/c1-3-17-15(13-6-4-5-7-14(13)16)10-18-8-9-19-11-12(18)2/h4-7,12,15,17H,3,8-11H2,1-2H3. The molecular weight excluding hydrogens is 243 g/mol. The molecule has 1 aromatic rings. The summed E-state index contributed by atoms with van der Waals surface area (Å²) in [6, 6.07) is 7.45. The molecule has 1 saturated heterocycles. The van der Waals surface area contributed by atoms with E-state index >= 15 is 0 Å². The maximum absolute atomic E-state index is 13.9. The van der Waals surface area contributed by atoms with Gasteiger partial charge in [-0.1, -0.05) is 25.1 Å². The number of hydrogen-bond donors (Lipinski definition) is 1. The molecule has 2 unspecified atom stereocenters. The monoisotopic (exact) mass is 266 g/mol. The molecule has 1 heterocycles. The van der Waals surface area contributed by atoms with Crippen LogP contribution in [0.1, 0.15) is 25.5 Å². The Hall–Kier alpha value is -0.970. The molecule has 0 saturated carbocycles. The fourth-order valence-corrected chi connectivity index (χ4v) is 2.54. The lowest BCUT2D eigenvalue weighted by Crippen LogP contribution is -2.47. The van der Waals surface area contributed by atoms with Crippen LogP contribution in [0, 0.1) is 5.82 Å². The molecule has 0 aliphatic carbocycles. The fourth-order valence-electron chi connectivity index (χ4n) is 2.54. The number of nitrogens with one attached hydrogen (secondary N) is 1. The molecule has 2 atom stereocenters. The Morgan fingerprint density at radius 3 is 2.95 bits per heavy atom. The van der Waals surface area contributed by atoms with Gasteiger partial charge < -0.3 is 10.1 Å². The van der Waals surface area contributed by atoms with Crippen molar-refractivity contribution in [1.82, 2.24) is 10.2 Å². The number of morpholine rings is 1. The van der Waals surface area contributed by atoms with Gasteiger partial charge in [0.2, 0.25) is 0 Å². The van der Waals surface area contributed by atoms with Gasteiger partial charge in [-0.25, -0.2) is 4.39 Å². The number of ether oxygens (including phenoxy) is 1. The lowest BCUT2D eigenvalue weighted by molar-refractivity contribution is -0.00456. The van der Waals surface area contributed by atoms with Gasteiger partial charge in [0, 0.05) is 30.7 Å². The van der Waals surface area contributed by atoms with Crippen LogP contribution in [0.3, 0.4) is 0 Å². The number of likely N-dealkylation sites (N-methyl/N-ethyl adjacent to an activating group) is 1. The average Bonchev–Trinajstić information content (AvgIpc) is 2.41. The highest BCUT2D eigenvalue weighted by Crippen LogP contribution is 2.20. The van der Waals surface area contributed by atoms with Gasteiger partial charge in [-0.15, -0.1) is 0 Å². The molecule has 19 heavy (non-hydrogen) atoms. The molecule has 4 heteroatoms. The van der Waals surface area contributed by atoms with Gasteiger partial charge >= 0.3 is 0 Å². The van der Waals surface area contributed by atoms with Crippen LogP contribution >= 0.6 is 0 Å². The first kappa shape index (κ1) is 14.4. The molecule has 0 aromatic heterocycles. The second-order valence-electron chi connectivity index (χ2n) is 5.05. The normalized spacial score (nSPS) is 22.4. The summed E-state index contributed by atoms with van der Waals surface area (Å²) < 4.78 is 19.4. The first-order valence-corrected chi connectivity index (χ1v) is 7.02. The van der Waals surface area contributed by atoms with Crippen LogP contribution in [-0.2, 0) is 4.74 Å². The predicted octanol–water partition coefficient (Wildman–Crippen LogP) is 2.20. The van der Waals surface area contributed by atoms with Crippen LogP contribution in [0.15, 0.2) is 24.3 Å². The Morgan fingerprint density at radius 2 is 2.26 bits per heavy atom. The first-order valence-electron chi connectivity index (χ1n) is 7.02. The van der Waals surface area contributed by atoms with Gasteiger partial charge in [-0.3, -0.25) is 4.90 Å². The molecule has 1 fully saturated rings. The molecular formula is C15H23FN2O. The van der Waals surface area contributed by atoms with Gasteiger partial charge in [-0.2, -0.15) is 0 Å². The molecule has 1 aliphatic heterocycles. The summed E-state index contributed by atoms with van der Waals surface area (Å²) in [5.74, 6) is -0.130. The highest BCUT2D eigenvalue weighted by atomic mass is 19.1. The highest BCUT2D eigenvalue weighted by molar-refractivity contribution is 5.21. The number of rotatable bonds is 5. The molecule has 0 amide bonds. The van der Waals surface area contributed by atoms with Crippen LogP contribution in [0.2, 0.25) is 0 Å². The third-order valence-corrected chi connectivity index (χ3v) is 3.65. The van der Waals surface area contributed by atoms with Crippen LogP contribution in [-0.4, -0.2) is 43.8 Å². The zero-order valence-electron chi connectivity index (χ0n) is 11.7. The molecule has 1 aromatic carbocycles. The van der Waals surface area contributed by atoms with Crippen molar-refractivity contribution in [2.75, 3.05) is 32.8 Å². The van der Waals surface area contributed by atoms with Gasteiger partial charge in [0.25, 0.3) is 0 Å². The molecule has 0 radical (unpaired) electrons. The Bertz CT molecular complexity index is 399. The Kier molecular flexibility index (Phi) is 5.31. The molecule has 1 N–H and O–H groups in total. The highest BCUT2D eigenvalue weighted by Gasteiger charge is 2.23. The Morgan fingerprint density at radius 1 is 1.47 bits per heavy atom. The van der Waals surface area contributed by atoms with Crippen molar-refractivity contribution >= 4 is 0 Å². The van der Waals surface area contributed by atoms with Crippen molar-refractivity contribution in [2.24, 2.45) is 0 Å². The van der Waals surface area contributed by atoms with E-state index < -0.39 is 0 Å². The van der Waals surface area contributed by atoms with Crippen molar-refractivity contribution in [3.63, 3.8) is 0 Å². The van der Waals surface area contributed by atoms with Crippen molar-refractivity contribution in [2.45, 2.75) is 25.9 Å². The van der Waals surface area contributed by atoms with E-state index in [1.807, 2.05) is 12.1 Å². The van der Waals surface area contributed by atoms with Crippen molar-refractivity contribution in [3.8, 4) is 0 Å². The number of benzene rings is 1. The summed E-state index contributed by atoms with van der Waals surface area (Å²) in [5, 5.41) is 3.39. The second-order valence-corrected chi connectivity index (χ2v) is 5.05. The SMILES string of the molecule is CCNC(CN1CCOCC1C)c1ccccc1F. The summed E-state index contributed by atoms with van der Waals surface area (Å²) in [7, 11) is 0. The maximum atomic E-state index is 13.9. The third kappa shape index (κ3) is 3.75. The molecule has 0 bridgehead atoms. The molecule has 0 spiro atoms. The van der Waals surface area contributed by atoms with E-state index in [0.717, 1.165) is 38.4 Å². The van der Waals surface area contributed by atoms with E-state index in [9.17, 15) is 4.39 Å². The largest absolute Gasteiger partial charge is 0.379 e. The summed E-state index contributed by atoms with van der Waals surface area (Å²) >= 11 is 0. The van der Waals surface area contributed by atoms with Crippen LogP contribution in [0.25, 0.3) is 0 Å². The summed E-state index contributed by atoms with van der Waals surface area (Å²) in [4.78, 5) is 2.36. The molecule has 106 valence electrons. The number of nitrogens with zero attached hydrogens (tertiary/aromatic N) is 1. The van der Waals surface area contributed by atoms with Gasteiger partial charge in [-0.05, 0) is 19.5 Å². The predicted molar refractivity (Wildman–Crippen MR) is 74.7 cm³/mol. The molecule has 3 nitrogen and oxygen atoms in total. The molecule has 2 rings (SSSR count). The minimum atomic E-state index is -0.130. The van der Waals surface area contributed by atoms with Crippen molar-refractivity contribution in [3.05, 3.63) is 35.6 Å². The third-order valence-electron chi connectivity index (χ3n) is 3.65. The second kappa shape index (κ2) is 6.98. The number of hydrogen-bond acceptors (Lipinski definition) is 3. The van der Waals surface area contributed by atoms with Gasteiger partial charge in [0.05, 0.1) is 13.2 Å². The minimum absolute atomic E-state index is 0.0340. The lowest BCUT2D eigenvalue weighted by atomic mass is 10.0. The van der Waals surface area contributed by atoms with E-state index in [0.29, 0.717) is 6.04 Å². The zero-order valence-corrected chi connectivity index (χ0v) is 11.7. The summed E-state index contributed by atoms with van der Waals surface area (Å²) in [6.45, 7) is 8.30. The molecule has 1 aliphatic rings. The van der Waals surface area contributed by atoms with Crippen LogP contribution in [0.4, 0.5) is 4.39 Å². The smallest absolute Gasteiger partial charge is 0.128 e. The van der Waals surface area contributed by atoms with E-state index in [1.54, 1.807) is 6.07 Å².